The van der Waals surface area contributed by atoms with E-state index in [0.717, 1.165) is 11.3 Å². The minimum atomic E-state index is 0.156. The monoisotopic (exact) mass is 214 g/mol. The summed E-state index contributed by atoms with van der Waals surface area (Å²) in [4.78, 5) is 0. The van der Waals surface area contributed by atoms with Gasteiger partial charge in [-0.1, -0.05) is 24.3 Å². The molecule has 0 saturated carbocycles. The molecular weight excluding hydrogens is 200 g/mol. The smallest absolute Gasteiger partial charge is 0.169 e. The van der Waals surface area contributed by atoms with Gasteiger partial charge in [0, 0.05) is 0 Å². The van der Waals surface area contributed by atoms with E-state index in [1.54, 1.807) is 18.2 Å². The first kappa shape index (κ1) is 10.6. The highest BCUT2D eigenvalue weighted by atomic mass is 16.5. The lowest BCUT2D eigenvalue weighted by Gasteiger charge is -2.11. The van der Waals surface area contributed by atoms with Crippen LogP contribution in [0.25, 0.3) is 0 Å². The van der Waals surface area contributed by atoms with E-state index >= 15 is 0 Å². The summed E-state index contributed by atoms with van der Waals surface area (Å²) in [5.41, 5.74) is 2.26. The van der Waals surface area contributed by atoms with E-state index in [4.69, 9.17) is 4.74 Å². The Kier molecular flexibility index (Phi) is 2.82. The second-order valence-corrected chi connectivity index (χ2v) is 3.77. The molecule has 82 valence electrons. The van der Waals surface area contributed by atoms with Gasteiger partial charge in [-0.05, 0) is 43.2 Å². The molecule has 0 bridgehead atoms. The number of phenols is 1. The van der Waals surface area contributed by atoms with Gasteiger partial charge in [-0.15, -0.1) is 0 Å². The summed E-state index contributed by atoms with van der Waals surface area (Å²) in [6, 6.07) is 12.8. The lowest BCUT2D eigenvalue weighted by Crippen LogP contribution is -1.89. The first-order valence-corrected chi connectivity index (χ1v) is 5.20. The minimum absolute atomic E-state index is 0.156. The van der Waals surface area contributed by atoms with E-state index in [1.165, 1.54) is 5.56 Å². The second kappa shape index (κ2) is 4.27. The fraction of sp³-hybridized carbons (Fsp3) is 0.143. The number of hydrogen-bond acceptors (Lipinski definition) is 2. The predicted molar refractivity (Wildman–Crippen MR) is 64.1 cm³/mol. The summed E-state index contributed by atoms with van der Waals surface area (Å²) in [6.07, 6.45) is 0. The summed E-state index contributed by atoms with van der Waals surface area (Å²) in [6.45, 7) is 4.04. The van der Waals surface area contributed by atoms with Gasteiger partial charge in [0.05, 0.1) is 0 Å². The van der Waals surface area contributed by atoms with Crippen molar-refractivity contribution >= 4 is 0 Å². The molecule has 0 amide bonds. The van der Waals surface area contributed by atoms with Crippen molar-refractivity contribution < 1.29 is 9.84 Å². The van der Waals surface area contributed by atoms with E-state index in [0.29, 0.717) is 5.75 Å². The fourth-order valence-corrected chi connectivity index (χ4v) is 1.50. The molecule has 2 heteroatoms. The zero-order valence-corrected chi connectivity index (χ0v) is 9.40. The molecule has 16 heavy (non-hydrogen) atoms. The average molecular weight is 214 g/mol. The Morgan fingerprint density at radius 2 is 1.56 bits per heavy atom. The number of phenolic OH excluding ortho intramolecular Hbond substituents is 1. The molecule has 2 aromatic rings. The number of aryl methyl sites for hydroxylation is 1. The van der Waals surface area contributed by atoms with Gasteiger partial charge in [0.25, 0.3) is 0 Å². The van der Waals surface area contributed by atoms with Crippen LogP contribution in [0.5, 0.6) is 17.2 Å². The number of aromatic hydroxyl groups is 1. The maximum atomic E-state index is 9.61. The molecule has 0 spiro atoms. The van der Waals surface area contributed by atoms with Gasteiger partial charge in [-0.2, -0.15) is 0 Å². The average Bonchev–Trinajstić information content (AvgIpc) is 2.28. The molecule has 1 N–H and O–H groups in total. The Labute approximate surface area is 95.1 Å². The first-order valence-electron chi connectivity index (χ1n) is 5.20. The van der Waals surface area contributed by atoms with Crippen molar-refractivity contribution in [2.75, 3.05) is 0 Å². The van der Waals surface area contributed by atoms with Crippen LogP contribution in [0.4, 0.5) is 0 Å². The molecular formula is C14H14O2. The van der Waals surface area contributed by atoms with Gasteiger partial charge in [0.1, 0.15) is 5.75 Å². The third kappa shape index (κ3) is 2.01. The van der Waals surface area contributed by atoms with Crippen LogP contribution in [-0.2, 0) is 0 Å². The summed E-state index contributed by atoms with van der Waals surface area (Å²) in [5, 5.41) is 9.61. The molecule has 0 aliphatic heterocycles. The molecule has 0 atom stereocenters. The minimum Gasteiger partial charge on any atom is -0.504 e. The molecule has 2 aromatic carbocycles. The number of benzene rings is 2. The zero-order valence-electron chi connectivity index (χ0n) is 9.40. The van der Waals surface area contributed by atoms with Crippen LogP contribution in [0.15, 0.2) is 42.5 Å². The summed E-state index contributed by atoms with van der Waals surface area (Å²) < 4.78 is 5.67. The maximum Gasteiger partial charge on any atom is 0.169 e. The van der Waals surface area contributed by atoms with Crippen molar-refractivity contribution in [1.29, 1.82) is 0 Å². The number of para-hydroxylation sites is 2. The zero-order chi connectivity index (χ0) is 11.5. The standard InChI is InChI=1S/C14H14O2/c1-10-6-5-9-13(11(10)2)16-14-8-4-3-7-12(14)15/h3-9,15H,1-2H3. The third-order valence-electron chi connectivity index (χ3n) is 2.64. The van der Waals surface area contributed by atoms with Crippen molar-refractivity contribution in [3.05, 3.63) is 53.6 Å². The fourth-order valence-electron chi connectivity index (χ4n) is 1.50. The van der Waals surface area contributed by atoms with Gasteiger partial charge in [0.2, 0.25) is 0 Å². The second-order valence-electron chi connectivity index (χ2n) is 3.77. The Balaban J connectivity index is 2.35. The van der Waals surface area contributed by atoms with Crippen LogP contribution in [0.1, 0.15) is 11.1 Å². The van der Waals surface area contributed by atoms with E-state index in [1.807, 2.05) is 38.1 Å². The van der Waals surface area contributed by atoms with E-state index in [2.05, 4.69) is 0 Å². The molecule has 0 radical (unpaired) electrons. The lowest BCUT2D eigenvalue weighted by molar-refractivity contribution is 0.409. The Bertz CT molecular complexity index is 504. The van der Waals surface area contributed by atoms with E-state index in [-0.39, 0.29) is 5.75 Å². The van der Waals surface area contributed by atoms with Gasteiger partial charge in [-0.25, -0.2) is 0 Å². The van der Waals surface area contributed by atoms with Crippen LogP contribution in [-0.4, -0.2) is 5.11 Å². The number of hydrogen-bond donors (Lipinski definition) is 1. The quantitative estimate of drug-likeness (QED) is 0.823. The van der Waals surface area contributed by atoms with E-state index in [9.17, 15) is 5.11 Å². The van der Waals surface area contributed by atoms with Crippen LogP contribution in [0, 0.1) is 13.8 Å². The summed E-state index contributed by atoms with van der Waals surface area (Å²) >= 11 is 0. The SMILES string of the molecule is Cc1cccc(Oc2ccccc2O)c1C. The Hall–Kier alpha value is -1.96. The molecule has 2 nitrogen and oxygen atoms in total. The molecule has 0 saturated heterocycles. The molecule has 0 fully saturated rings. The van der Waals surface area contributed by atoms with Gasteiger partial charge >= 0.3 is 0 Å². The van der Waals surface area contributed by atoms with Crippen molar-refractivity contribution in [3.63, 3.8) is 0 Å². The van der Waals surface area contributed by atoms with E-state index < -0.39 is 0 Å². The molecule has 0 aliphatic rings. The summed E-state index contributed by atoms with van der Waals surface area (Å²) in [7, 11) is 0. The summed E-state index contributed by atoms with van der Waals surface area (Å²) in [5.74, 6) is 1.42. The van der Waals surface area contributed by atoms with Gasteiger partial charge in [0.15, 0.2) is 11.5 Å². The van der Waals surface area contributed by atoms with Crippen molar-refractivity contribution in [3.8, 4) is 17.2 Å². The van der Waals surface area contributed by atoms with Gasteiger partial charge in [-0.3, -0.25) is 0 Å². The topological polar surface area (TPSA) is 29.5 Å². The molecule has 2 rings (SSSR count). The van der Waals surface area contributed by atoms with Crippen molar-refractivity contribution in [1.82, 2.24) is 0 Å². The van der Waals surface area contributed by atoms with Crippen LogP contribution >= 0.6 is 0 Å². The highest BCUT2D eigenvalue weighted by Crippen LogP contribution is 2.32. The Morgan fingerprint density at radius 1 is 0.875 bits per heavy atom. The largest absolute Gasteiger partial charge is 0.504 e. The van der Waals surface area contributed by atoms with Crippen molar-refractivity contribution in [2.24, 2.45) is 0 Å². The highest BCUT2D eigenvalue weighted by molar-refractivity contribution is 5.45. The number of rotatable bonds is 2. The van der Waals surface area contributed by atoms with Crippen LogP contribution < -0.4 is 4.74 Å². The molecule has 0 aliphatic carbocycles. The number of ether oxygens (including phenoxy) is 1. The molecule has 0 heterocycles. The third-order valence-corrected chi connectivity index (χ3v) is 2.64. The lowest BCUT2D eigenvalue weighted by atomic mass is 10.1. The molecule has 0 aromatic heterocycles. The van der Waals surface area contributed by atoms with Gasteiger partial charge < -0.3 is 9.84 Å². The predicted octanol–water partition coefficient (Wildman–Crippen LogP) is 3.80. The normalized spacial score (nSPS) is 10.1. The van der Waals surface area contributed by atoms with Crippen molar-refractivity contribution in [2.45, 2.75) is 13.8 Å². The molecule has 0 unspecified atom stereocenters. The van der Waals surface area contributed by atoms with Crippen LogP contribution in [0.3, 0.4) is 0 Å². The highest BCUT2D eigenvalue weighted by Gasteiger charge is 2.05. The first-order chi connectivity index (χ1) is 7.68. The van der Waals surface area contributed by atoms with Crippen LogP contribution in [0.2, 0.25) is 0 Å². The maximum absolute atomic E-state index is 9.61. The Morgan fingerprint density at radius 3 is 2.31 bits per heavy atom.